The zero-order valence-corrected chi connectivity index (χ0v) is 12.6. The van der Waals surface area contributed by atoms with Crippen LogP contribution >= 0.6 is 0 Å². The van der Waals surface area contributed by atoms with Crippen LogP contribution in [0.5, 0.6) is 0 Å². The number of rotatable bonds is 7. The van der Waals surface area contributed by atoms with Crippen LogP contribution in [0.15, 0.2) is 24.3 Å². The molecule has 2 atom stereocenters. The van der Waals surface area contributed by atoms with Gasteiger partial charge in [-0.05, 0) is 23.6 Å². The average Bonchev–Trinajstić information content (AvgIpc) is 2.49. The second kappa shape index (κ2) is 8.02. The quantitative estimate of drug-likeness (QED) is 0.602. The van der Waals surface area contributed by atoms with Gasteiger partial charge in [0, 0.05) is 12.1 Å². The predicted octanol–water partition coefficient (Wildman–Crippen LogP) is 1.08. The first kappa shape index (κ1) is 17.5. The number of carbonyl (C=O) groups is 3. The first-order chi connectivity index (χ1) is 10.3. The smallest absolute Gasteiger partial charge is 0.326 e. The number of primary amides is 1. The number of carboxylic acids is 1. The third-order valence-corrected chi connectivity index (χ3v) is 3.45. The number of benzene rings is 1. The molecule has 120 valence electrons. The number of amides is 3. The topological polar surface area (TPSA) is 122 Å². The molecule has 0 aromatic heterocycles. The molecular formula is C15H21N3O4. The van der Waals surface area contributed by atoms with E-state index < -0.39 is 23.9 Å². The monoisotopic (exact) mass is 307 g/mol. The van der Waals surface area contributed by atoms with E-state index in [-0.39, 0.29) is 12.5 Å². The summed E-state index contributed by atoms with van der Waals surface area (Å²) in [5.74, 6) is -1.66. The molecule has 2 unspecified atom stereocenters. The van der Waals surface area contributed by atoms with Gasteiger partial charge in [-0.1, -0.05) is 32.4 Å². The first-order valence-corrected chi connectivity index (χ1v) is 7.01. The van der Waals surface area contributed by atoms with Crippen molar-refractivity contribution in [3.63, 3.8) is 0 Å². The third-order valence-electron chi connectivity index (χ3n) is 3.45. The second-order valence-corrected chi connectivity index (χ2v) is 5.09. The number of hydrogen-bond donors (Lipinski definition) is 4. The summed E-state index contributed by atoms with van der Waals surface area (Å²) >= 11 is 0. The van der Waals surface area contributed by atoms with Gasteiger partial charge >= 0.3 is 12.0 Å². The molecule has 0 heterocycles. The number of carboxylic acid groups (broad SMARTS) is 1. The van der Waals surface area contributed by atoms with E-state index in [4.69, 9.17) is 10.8 Å². The van der Waals surface area contributed by atoms with Gasteiger partial charge in [0.05, 0.1) is 0 Å². The van der Waals surface area contributed by atoms with E-state index in [1.807, 2.05) is 6.92 Å². The molecule has 1 rings (SSSR count). The fraction of sp³-hybridized carbons (Fsp3) is 0.400. The minimum Gasteiger partial charge on any atom is -0.480 e. The molecule has 0 radical (unpaired) electrons. The van der Waals surface area contributed by atoms with E-state index in [2.05, 4.69) is 10.6 Å². The summed E-state index contributed by atoms with van der Waals surface area (Å²) in [5, 5.41) is 14.1. The van der Waals surface area contributed by atoms with Gasteiger partial charge in [0.1, 0.15) is 6.04 Å². The third kappa shape index (κ3) is 5.08. The number of carbonyl (C=O) groups excluding carboxylic acids is 2. The van der Waals surface area contributed by atoms with E-state index in [0.29, 0.717) is 12.0 Å². The summed E-state index contributed by atoms with van der Waals surface area (Å²) in [4.78, 5) is 33.9. The van der Waals surface area contributed by atoms with Crippen molar-refractivity contribution in [3.05, 3.63) is 35.4 Å². The van der Waals surface area contributed by atoms with Crippen molar-refractivity contribution in [2.45, 2.75) is 32.9 Å². The Morgan fingerprint density at radius 1 is 1.23 bits per heavy atom. The Balaban J connectivity index is 2.72. The van der Waals surface area contributed by atoms with Crippen molar-refractivity contribution in [1.82, 2.24) is 10.6 Å². The van der Waals surface area contributed by atoms with Crippen LogP contribution in [0.1, 0.15) is 36.2 Å². The maximum absolute atomic E-state index is 12.1. The van der Waals surface area contributed by atoms with Crippen LogP contribution in [0.2, 0.25) is 0 Å². The van der Waals surface area contributed by atoms with Crippen LogP contribution in [-0.4, -0.2) is 29.1 Å². The molecule has 1 aromatic carbocycles. The lowest BCUT2D eigenvalue weighted by atomic mass is 9.99. The lowest BCUT2D eigenvalue weighted by Gasteiger charge is -2.20. The van der Waals surface area contributed by atoms with Crippen molar-refractivity contribution in [3.8, 4) is 0 Å². The number of nitrogens with two attached hydrogens (primary N) is 1. The molecule has 1 aromatic rings. The van der Waals surface area contributed by atoms with Gasteiger partial charge in [-0.2, -0.15) is 0 Å². The van der Waals surface area contributed by atoms with Crippen molar-refractivity contribution >= 4 is 17.9 Å². The van der Waals surface area contributed by atoms with Crippen LogP contribution < -0.4 is 16.4 Å². The predicted molar refractivity (Wildman–Crippen MR) is 81.2 cm³/mol. The molecule has 0 aliphatic heterocycles. The normalized spacial score (nSPS) is 13.0. The Labute approximate surface area is 128 Å². The minimum atomic E-state index is -1.05. The van der Waals surface area contributed by atoms with Gasteiger partial charge in [-0.15, -0.1) is 0 Å². The standard InChI is InChI=1S/C15H21N3O4/c1-3-9(2)12(14(20)21)18-13(19)11-6-4-10(5-7-11)8-17-15(16)22/h4-7,9,12H,3,8H2,1-2H3,(H,18,19)(H,20,21)(H3,16,17,22). The molecule has 7 nitrogen and oxygen atoms in total. The molecule has 0 bridgehead atoms. The van der Waals surface area contributed by atoms with Crippen molar-refractivity contribution in [2.75, 3.05) is 0 Å². The maximum Gasteiger partial charge on any atom is 0.326 e. The number of nitrogens with one attached hydrogen (secondary N) is 2. The first-order valence-electron chi connectivity index (χ1n) is 7.01. The highest BCUT2D eigenvalue weighted by Gasteiger charge is 2.25. The molecule has 7 heteroatoms. The molecule has 22 heavy (non-hydrogen) atoms. The fourth-order valence-electron chi connectivity index (χ4n) is 1.87. The van der Waals surface area contributed by atoms with E-state index in [1.54, 1.807) is 31.2 Å². The number of aliphatic carboxylic acids is 1. The summed E-state index contributed by atoms with van der Waals surface area (Å²) < 4.78 is 0. The summed E-state index contributed by atoms with van der Waals surface area (Å²) in [6.45, 7) is 3.91. The lowest BCUT2D eigenvalue weighted by Crippen LogP contribution is -2.45. The highest BCUT2D eigenvalue weighted by Crippen LogP contribution is 2.10. The van der Waals surface area contributed by atoms with Crippen LogP contribution in [0.25, 0.3) is 0 Å². The van der Waals surface area contributed by atoms with Crippen LogP contribution in [0.4, 0.5) is 4.79 Å². The van der Waals surface area contributed by atoms with Crippen LogP contribution in [0.3, 0.4) is 0 Å². The molecule has 0 aliphatic rings. The van der Waals surface area contributed by atoms with Gasteiger partial charge in [0.2, 0.25) is 0 Å². The molecular weight excluding hydrogens is 286 g/mol. The van der Waals surface area contributed by atoms with E-state index >= 15 is 0 Å². The zero-order chi connectivity index (χ0) is 16.7. The van der Waals surface area contributed by atoms with Gasteiger partial charge in [-0.25, -0.2) is 9.59 Å². The molecule has 5 N–H and O–H groups in total. The Morgan fingerprint density at radius 3 is 2.27 bits per heavy atom. The SMILES string of the molecule is CCC(C)C(NC(=O)c1ccc(CNC(N)=O)cc1)C(=O)O. The second-order valence-electron chi connectivity index (χ2n) is 5.09. The molecule has 0 saturated carbocycles. The molecule has 0 aliphatic carbocycles. The Bertz CT molecular complexity index is 542. The van der Waals surface area contributed by atoms with E-state index in [0.717, 1.165) is 5.56 Å². The number of hydrogen-bond acceptors (Lipinski definition) is 3. The minimum absolute atomic E-state index is 0.166. The van der Waals surface area contributed by atoms with Crippen molar-refractivity contribution in [2.24, 2.45) is 11.7 Å². The summed E-state index contributed by atoms with van der Waals surface area (Å²) in [7, 11) is 0. The summed E-state index contributed by atoms with van der Waals surface area (Å²) in [5.41, 5.74) is 6.12. The largest absolute Gasteiger partial charge is 0.480 e. The molecule has 0 saturated heterocycles. The van der Waals surface area contributed by atoms with Gasteiger partial charge in [-0.3, -0.25) is 4.79 Å². The van der Waals surface area contributed by atoms with Crippen LogP contribution in [0, 0.1) is 5.92 Å². The van der Waals surface area contributed by atoms with Crippen LogP contribution in [-0.2, 0) is 11.3 Å². The number of urea groups is 1. The van der Waals surface area contributed by atoms with Gasteiger partial charge in [0.15, 0.2) is 0 Å². The Kier molecular flexibility index (Phi) is 6.37. The Hall–Kier alpha value is -2.57. The highest BCUT2D eigenvalue weighted by atomic mass is 16.4. The highest BCUT2D eigenvalue weighted by molar-refractivity contribution is 5.96. The van der Waals surface area contributed by atoms with Crippen molar-refractivity contribution in [1.29, 1.82) is 0 Å². The van der Waals surface area contributed by atoms with Gasteiger partial charge in [0.25, 0.3) is 5.91 Å². The fourth-order valence-corrected chi connectivity index (χ4v) is 1.87. The van der Waals surface area contributed by atoms with Crippen molar-refractivity contribution < 1.29 is 19.5 Å². The summed E-state index contributed by atoms with van der Waals surface area (Å²) in [6, 6.07) is 4.94. The average molecular weight is 307 g/mol. The molecule has 0 spiro atoms. The summed E-state index contributed by atoms with van der Waals surface area (Å²) in [6.07, 6.45) is 0.648. The molecule has 3 amide bonds. The van der Waals surface area contributed by atoms with E-state index in [9.17, 15) is 14.4 Å². The Morgan fingerprint density at radius 2 is 1.82 bits per heavy atom. The maximum atomic E-state index is 12.1. The zero-order valence-electron chi connectivity index (χ0n) is 12.6. The lowest BCUT2D eigenvalue weighted by molar-refractivity contribution is -0.140. The van der Waals surface area contributed by atoms with Gasteiger partial charge < -0.3 is 21.5 Å². The van der Waals surface area contributed by atoms with E-state index in [1.165, 1.54) is 0 Å². The molecule has 0 fully saturated rings.